The van der Waals surface area contributed by atoms with E-state index in [2.05, 4.69) is 17.1 Å². The van der Waals surface area contributed by atoms with Gasteiger partial charge in [0, 0.05) is 37.5 Å². The van der Waals surface area contributed by atoms with E-state index in [1.54, 1.807) is 19.2 Å². The van der Waals surface area contributed by atoms with Gasteiger partial charge >= 0.3 is 0 Å². The summed E-state index contributed by atoms with van der Waals surface area (Å²) in [6, 6.07) is 7.06. The molecule has 1 N–H and O–H groups in total. The van der Waals surface area contributed by atoms with Crippen LogP contribution in [0.15, 0.2) is 52.6 Å². The van der Waals surface area contributed by atoms with Gasteiger partial charge in [-0.15, -0.1) is 0 Å². The summed E-state index contributed by atoms with van der Waals surface area (Å²) in [7, 11) is 1.58. The average Bonchev–Trinajstić information content (AvgIpc) is 3.67. The molecule has 2 saturated heterocycles. The number of carbonyl (C=O) groups excluding carboxylic acids is 2. The molecule has 4 aliphatic heterocycles. The van der Waals surface area contributed by atoms with Crippen LogP contribution in [0, 0.1) is 6.92 Å². The number of aliphatic hydroxyl groups is 1. The van der Waals surface area contributed by atoms with Gasteiger partial charge in [0.05, 0.1) is 54.9 Å². The van der Waals surface area contributed by atoms with Crippen LogP contribution in [-0.2, 0) is 0 Å². The predicted octanol–water partition coefficient (Wildman–Crippen LogP) is 6.22. The van der Waals surface area contributed by atoms with Gasteiger partial charge in [-0.25, -0.2) is 0 Å². The van der Waals surface area contributed by atoms with Crippen molar-refractivity contribution in [1.82, 2.24) is 9.80 Å². The van der Waals surface area contributed by atoms with Gasteiger partial charge in [0.15, 0.2) is 11.5 Å². The maximum atomic E-state index is 13.7. The van der Waals surface area contributed by atoms with Crippen LogP contribution in [-0.4, -0.2) is 90.7 Å². The van der Waals surface area contributed by atoms with Crippen molar-refractivity contribution in [2.45, 2.75) is 91.1 Å². The van der Waals surface area contributed by atoms with Crippen LogP contribution in [0.1, 0.15) is 86.1 Å². The third kappa shape index (κ3) is 6.30. The van der Waals surface area contributed by atoms with Crippen molar-refractivity contribution in [3.63, 3.8) is 0 Å². The topological polar surface area (TPSA) is 104 Å². The zero-order chi connectivity index (χ0) is 34.1. The molecule has 3 atom stereocenters. The fourth-order valence-corrected chi connectivity index (χ4v) is 7.27. The standard InChI is InChI=1S/C38H48N4O6/c1-7-25-15-27-20-39-30-18-35(34(46-6)17-28(30)36(43)40(27)21-25)48-13-11-9-10-12-47-33-19-31-29(14-24(33)5)37(44)41-22-26(8-2)16-32(41)38(45)42(31)23(3)4/h7-8,14,17-20,23,27,32,38,45H,9-13,15-16,21-22H2,1-6H3/t27-,32-,38?/m0/s1. The summed E-state index contributed by atoms with van der Waals surface area (Å²) in [5.74, 6) is 1.73. The van der Waals surface area contributed by atoms with Crippen molar-refractivity contribution in [3.05, 3.63) is 64.3 Å². The zero-order valence-corrected chi connectivity index (χ0v) is 29.0. The number of rotatable bonds is 10. The Labute approximate surface area is 283 Å². The molecule has 0 aliphatic carbocycles. The molecule has 6 rings (SSSR count). The number of aliphatic hydroxyl groups excluding tert-OH is 1. The summed E-state index contributed by atoms with van der Waals surface area (Å²) in [5.41, 5.74) is 5.77. The number of unbranched alkanes of at least 4 members (excludes halogenated alkanes) is 2. The van der Waals surface area contributed by atoms with Crippen molar-refractivity contribution in [1.29, 1.82) is 0 Å². The van der Waals surface area contributed by atoms with E-state index in [0.717, 1.165) is 42.7 Å². The van der Waals surface area contributed by atoms with Crippen molar-refractivity contribution < 1.29 is 28.9 Å². The molecular weight excluding hydrogens is 608 g/mol. The minimum atomic E-state index is -0.808. The Bertz CT molecular complexity index is 1660. The number of benzene rings is 2. The van der Waals surface area contributed by atoms with Crippen LogP contribution < -0.4 is 19.1 Å². The number of hydrogen-bond donors (Lipinski definition) is 1. The minimum Gasteiger partial charge on any atom is -0.493 e. The molecule has 2 amide bonds. The highest BCUT2D eigenvalue weighted by Gasteiger charge is 2.44. The smallest absolute Gasteiger partial charge is 0.257 e. The summed E-state index contributed by atoms with van der Waals surface area (Å²) in [4.78, 5) is 37.3. The highest BCUT2D eigenvalue weighted by Crippen LogP contribution is 2.41. The van der Waals surface area contributed by atoms with Crippen molar-refractivity contribution in [2.24, 2.45) is 4.99 Å². The summed E-state index contributed by atoms with van der Waals surface area (Å²) < 4.78 is 18.0. The summed E-state index contributed by atoms with van der Waals surface area (Å²) in [6.07, 6.45) is 9.19. The number of aryl methyl sites for hydroxylation is 1. The molecular formula is C38H48N4O6. The molecule has 4 aliphatic rings. The summed E-state index contributed by atoms with van der Waals surface area (Å²) in [5, 5.41) is 11.5. The highest BCUT2D eigenvalue weighted by molar-refractivity contribution is 6.04. The second-order valence-corrected chi connectivity index (χ2v) is 13.4. The molecule has 0 bridgehead atoms. The fraction of sp³-hybridized carbons (Fsp3) is 0.500. The van der Waals surface area contributed by atoms with Crippen molar-refractivity contribution in [2.75, 3.05) is 38.3 Å². The summed E-state index contributed by atoms with van der Waals surface area (Å²) in [6.45, 7) is 12.2. The molecule has 0 aromatic heterocycles. The molecule has 0 radical (unpaired) electrons. The Hall–Kier alpha value is -4.31. The Morgan fingerprint density at radius 1 is 0.875 bits per heavy atom. The van der Waals surface area contributed by atoms with Crippen LogP contribution >= 0.6 is 0 Å². The number of allylic oxidation sites excluding steroid dienone is 2. The molecule has 4 heterocycles. The normalized spacial score (nSPS) is 23.3. The first-order chi connectivity index (χ1) is 23.1. The monoisotopic (exact) mass is 656 g/mol. The van der Waals surface area contributed by atoms with Crippen LogP contribution in [0.3, 0.4) is 0 Å². The number of ether oxygens (including phenoxy) is 3. The number of fused-ring (bicyclic) bond motifs is 4. The molecule has 2 aromatic rings. The first-order valence-corrected chi connectivity index (χ1v) is 17.2. The number of aliphatic imine (C=N–C) groups is 1. The lowest BCUT2D eigenvalue weighted by atomic mass is 10.0. The van der Waals surface area contributed by atoms with Gasteiger partial charge in [0.25, 0.3) is 11.8 Å². The van der Waals surface area contributed by atoms with Crippen LogP contribution in [0.2, 0.25) is 0 Å². The van der Waals surface area contributed by atoms with E-state index < -0.39 is 6.23 Å². The Balaban J connectivity index is 1.05. The molecule has 1 unspecified atom stereocenters. The lowest BCUT2D eigenvalue weighted by Gasteiger charge is -2.36. The van der Waals surface area contributed by atoms with E-state index in [1.807, 2.05) is 67.7 Å². The second kappa shape index (κ2) is 14.0. The average molecular weight is 657 g/mol. The number of amides is 2. The molecule has 48 heavy (non-hydrogen) atoms. The molecule has 0 spiro atoms. The van der Waals surface area contributed by atoms with Crippen LogP contribution in [0.5, 0.6) is 17.2 Å². The third-order valence-electron chi connectivity index (χ3n) is 10.0. The van der Waals surface area contributed by atoms with E-state index >= 15 is 0 Å². The molecule has 10 heteroatoms. The third-order valence-corrected chi connectivity index (χ3v) is 10.0. The zero-order valence-electron chi connectivity index (χ0n) is 29.0. The Kier molecular flexibility index (Phi) is 9.83. The van der Waals surface area contributed by atoms with Gasteiger partial charge in [-0.2, -0.15) is 0 Å². The highest BCUT2D eigenvalue weighted by atomic mass is 16.5. The van der Waals surface area contributed by atoms with Crippen LogP contribution in [0.25, 0.3) is 0 Å². The second-order valence-electron chi connectivity index (χ2n) is 13.4. The van der Waals surface area contributed by atoms with Crippen molar-refractivity contribution >= 4 is 29.4 Å². The fourth-order valence-electron chi connectivity index (χ4n) is 7.27. The number of methoxy groups -OCH3 is 1. The maximum absolute atomic E-state index is 13.7. The van der Waals surface area contributed by atoms with Gasteiger partial charge in [-0.1, -0.05) is 23.3 Å². The van der Waals surface area contributed by atoms with Gasteiger partial charge in [-0.05, 0) is 84.4 Å². The first-order valence-electron chi connectivity index (χ1n) is 17.2. The van der Waals surface area contributed by atoms with E-state index in [-0.39, 0.29) is 29.9 Å². The van der Waals surface area contributed by atoms with Crippen molar-refractivity contribution in [3.8, 4) is 17.2 Å². The van der Waals surface area contributed by atoms with Gasteiger partial charge in [0.2, 0.25) is 0 Å². The summed E-state index contributed by atoms with van der Waals surface area (Å²) >= 11 is 0. The lowest BCUT2D eigenvalue weighted by Crippen LogP contribution is -2.50. The molecule has 2 fully saturated rings. The largest absolute Gasteiger partial charge is 0.493 e. The molecule has 0 saturated carbocycles. The molecule has 10 nitrogen and oxygen atoms in total. The first kappa shape index (κ1) is 33.6. The number of anilines is 1. The maximum Gasteiger partial charge on any atom is 0.257 e. The van der Waals surface area contributed by atoms with Gasteiger partial charge in [0.1, 0.15) is 12.0 Å². The van der Waals surface area contributed by atoms with E-state index in [0.29, 0.717) is 61.0 Å². The van der Waals surface area contributed by atoms with Crippen LogP contribution in [0.4, 0.5) is 11.4 Å². The number of hydrogen-bond acceptors (Lipinski definition) is 8. The van der Waals surface area contributed by atoms with E-state index in [4.69, 9.17) is 14.2 Å². The molecule has 2 aromatic carbocycles. The molecule has 256 valence electrons. The predicted molar refractivity (Wildman–Crippen MR) is 187 cm³/mol. The van der Waals surface area contributed by atoms with Gasteiger partial charge < -0.3 is 34.0 Å². The quantitative estimate of drug-likeness (QED) is 0.239. The SMILES string of the molecule is CC=C1C[C@H]2C=Nc3cc(OCCCCCOc4cc5c(cc4C)C(=O)N4CC(=CC)C[C@H]4C(O)N5C(C)C)c(OC)cc3C(=O)N2C1. The number of nitrogens with zero attached hydrogens (tertiary/aromatic N) is 4. The number of carbonyl (C=O) groups is 2. The lowest BCUT2D eigenvalue weighted by molar-refractivity contribution is 0.0497. The Morgan fingerprint density at radius 3 is 2.23 bits per heavy atom. The Morgan fingerprint density at radius 2 is 1.54 bits per heavy atom. The minimum absolute atomic E-state index is 0.00828. The van der Waals surface area contributed by atoms with Gasteiger partial charge in [-0.3, -0.25) is 14.6 Å². The van der Waals surface area contributed by atoms with E-state index in [1.165, 1.54) is 11.1 Å². The van der Waals surface area contributed by atoms with E-state index in [9.17, 15) is 14.7 Å².